The Morgan fingerprint density at radius 1 is 1.42 bits per heavy atom. The first-order valence-corrected chi connectivity index (χ1v) is 6.00. The van der Waals surface area contributed by atoms with Gasteiger partial charge in [0.15, 0.2) is 5.82 Å². The van der Waals surface area contributed by atoms with Gasteiger partial charge in [-0.2, -0.15) is 5.26 Å². The van der Waals surface area contributed by atoms with E-state index in [1.54, 1.807) is 27.8 Å². The summed E-state index contributed by atoms with van der Waals surface area (Å²) in [6.07, 6.45) is -0.526. The van der Waals surface area contributed by atoms with Gasteiger partial charge in [-0.3, -0.25) is 4.90 Å². The molecule has 102 valence electrons. The number of carbonyl (C=O) groups excluding carboxylic acids is 1. The molecule has 0 aliphatic carbocycles. The first kappa shape index (κ1) is 15.0. The lowest BCUT2D eigenvalue weighted by molar-refractivity contribution is 0.0588. The van der Waals surface area contributed by atoms with Gasteiger partial charge in [0, 0.05) is 12.7 Å². The maximum absolute atomic E-state index is 12.0. The highest BCUT2D eigenvalue weighted by atomic mass is 16.6. The van der Waals surface area contributed by atoms with Crippen LogP contribution in [0.2, 0.25) is 0 Å². The van der Waals surface area contributed by atoms with Crippen molar-refractivity contribution in [2.45, 2.75) is 40.2 Å². The Balaban J connectivity index is 3.16. The van der Waals surface area contributed by atoms with Crippen LogP contribution in [0.5, 0.6) is 0 Å². The number of amides is 1. The minimum absolute atomic E-state index is 0.328. The smallest absolute Gasteiger partial charge is 0.415 e. The number of hydrogen-bond acceptors (Lipinski definition) is 4. The molecule has 0 radical (unpaired) electrons. The minimum atomic E-state index is -0.586. The van der Waals surface area contributed by atoms with Crippen LogP contribution < -0.4 is 4.90 Å². The summed E-state index contributed by atoms with van der Waals surface area (Å²) in [6.45, 7) is 9.01. The number of ether oxygens (including phenoxy) is 1. The lowest BCUT2D eigenvalue weighted by Gasteiger charge is -2.25. The maximum Gasteiger partial charge on any atom is 0.415 e. The van der Waals surface area contributed by atoms with Crippen molar-refractivity contribution in [1.29, 1.82) is 5.26 Å². The predicted molar refractivity (Wildman–Crippen MR) is 73.1 cm³/mol. The number of aryl methyl sites for hydroxylation is 2. The maximum atomic E-state index is 12.0. The molecule has 5 nitrogen and oxygen atoms in total. The Morgan fingerprint density at radius 2 is 2.00 bits per heavy atom. The number of anilines is 1. The molecule has 0 aliphatic heterocycles. The molecule has 1 rings (SSSR count). The highest BCUT2D eigenvalue weighted by molar-refractivity contribution is 5.88. The van der Waals surface area contributed by atoms with Gasteiger partial charge in [0.05, 0.1) is 5.56 Å². The summed E-state index contributed by atoms with van der Waals surface area (Å²) in [5.41, 5.74) is 1.35. The van der Waals surface area contributed by atoms with E-state index in [2.05, 4.69) is 11.1 Å². The lowest BCUT2D eigenvalue weighted by atomic mass is 10.1. The average molecular weight is 261 g/mol. The number of carbonyl (C=O) groups is 1. The van der Waals surface area contributed by atoms with Crippen LogP contribution >= 0.6 is 0 Å². The molecule has 0 atom stereocenters. The SMILES string of the molecule is Cc1cc(C)c(C#N)c(N(C)C(=O)OC(C)(C)C)n1. The van der Waals surface area contributed by atoms with E-state index in [9.17, 15) is 10.1 Å². The molecule has 5 heteroatoms. The van der Waals surface area contributed by atoms with E-state index < -0.39 is 11.7 Å². The predicted octanol–water partition coefficient (Wildman–Crippen LogP) is 2.94. The summed E-state index contributed by atoms with van der Waals surface area (Å²) in [5, 5.41) is 9.18. The molecule has 1 heterocycles. The van der Waals surface area contributed by atoms with E-state index in [1.807, 2.05) is 19.9 Å². The second-order valence-electron chi connectivity index (χ2n) is 5.43. The molecule has 1 aromatic rings. The van der Waals surface area contributed by atoms with E-state index in [4.69, 9.17) is 4.74 Å². The fourth-order valence-electron chi connectivity index (χ4n) is 1.61. The molecule has 0 spiro atoms. The van der Waals surface area contributed by atoms with Crippen LogP contribution in [0, 0.1) is 25.2 Å². The van der Waals surface area contributed by atoms with Gasteiger partial charge in [-0.1, -0.05) is 0 Å². The average Bonchev–Trinajstić information content (AvgIpc) is 2.24. The first-order valence-electron chi connectivity index (χ1n) is 6.00. The zero-order valence-electron chi connectivity index (χ0n) is 12.2. The summed E-state index contributed by atoms with van der Waals surface area (Å²) in [6, 6.07) is 3.89. The largest absolute Gasteiger partial charge is 0.443 e. The Morgan fingerprint density at radius 3 is 2.47 bits per heavy atom. The van der Waals surface area contributed by atoms with Crippen molar-refractivity contribution in [2.75, 3.05) is 11.9 Å². The summed E-state index contributed by atoms with van der Waals surface area (Å²) in [5.74, 6) is 0.328. The van der Waals surface area contributed by atoms with Crippen LogP contribution in [0.15, 0.2) is 6.07 Å². The third kappa shape index (κ3) is 3.68. The van der Waals surface area contributed by atoms with Gasteiger partial charge < -0.3 is 4.74 Å². The fraction of sp³-hybridized carbons (Fsp3) is 0.500. The molecule has 0 saturated carbocycles. The number of aromatic nitrogens is 1. The standard InChI is InChI=1S/C14H19N3O2/c1-9-7-10(2)16-12(11(9)8-15)17(6)13(18)19-14(3,4)5/h7H,1-6H3. The quantitative estimate of drug-likeness (QED) is 0.779. The fourth-order valence-corrected chi connectivity index (χ4v) is 1.61. The van der Waals surface area contributed by atoms with Crippen molar-refractivity contribution in [3.63, 3.8) is 0 Å². The van der Waals surface area contributed by atoms with Crippen LogP contribution in [0.3, 0.4) is 0 Å². The van der Waals surface area contributed by atoms with Crippen molar-refractivity contribution in [2.24, 2.45) is 0 Å². The summed E-state index contributed by atoms with van der Waals surface area (Å²) in [4.78, 5) is 17.5. The molecular weight excluding hydrogens is 242 g/mol. The Kier molecular flexibility index (Phi) is 4.15. The monoisotopic (exact) mass is 261 g/mol. The van der Waals surface area contributed by atoms with Gasteiger partial charge in [-0.25, -0.2) is 9.78 Å². The third-order valence-electron chi connectivity index (χ3n) is 2.42. The van der Waals surface area contributed by atoms with E-state index in [0.29, 0.717) is 11.4 Å². The van der Waals surface area contributed by atoms with Crippen molar-refractivity contribution in [1.82, 2.24) is 4.98 Å². The van der Waals surface area contributed by atoms with E-state index in [0.717, 1.165) is 11.3 Å². The number of nitriles is 1. The van der Waals surface area contributed by atoms with Crippen LogP contribution in [-0.4, -0.2) is 23.7 Å². The highest BCUT2D eigenvalue weighted by Crippen LogP contribution is 2.22. The molecule has 19 heavy (non-hydrogen) atoms. The zero-order chi connectivity index (χ0) is 14.8. The van der Waals surface area contributed by atoms with Gasteiger partial charge in [-0.15, -0.1) is 0 Å². The third-order valence-corrected chi connectivity index (χ3v) is 2.42. The van der Waals surface area contributed by atoms with Crippen LogP contribution in [0.25, 0.3) is 0 Å². The van der Waals surface area contributed by atoms with Crippen molar-refractivity contribution in [3.8, 4) is 6.07 Å². The van der Waals surface area contributed by atoms with Gasteiger partial charge in [0.1, 0.15) is 11.7 Å². The normalized spacial score (nSPS) is 10.8. The van der Waals surface area contributed by atoms with E-state index >= 15 is 0 Å². The molecule has 0 aliphatic rings. The Labute approximate surface area is 113 Å². The molecular formula is C14H19N3O2. The number of rotatable bonds is 1. The highest BCUT2D eigenvalue weighted by Gasteiger charge is 2.24. The number of pyridine rings is 1. The van der Waals surface area contributed by atoms with Crippen molar-refractivity contribution in [3.05, 3.63) is 22.9 Å². The summed E-state index contributed by atoms with van der Waals surface area (Å²) >= 11 is 0. The molecule has 0 fully saturated rings. The van der Waals surface area contributed by atoms with E-state index in [1.165, 1.54) is 4.90 Å². The number of hydrogen-bond donors (Lipinski definition) is 0. The lowest BCUT2D eigenvalue weighted by Crippen LogP contribution is -2.35. The molecule has 0 N–H and O–H groups in total. The topological polar surface area (TPSA) is 66.2 Å². The molecule has 1 aromatic heterocycles. The Bertz CT molecular complexity index is 539. The first-order chi connectivity index (χ1) is 8.65. The molecule has 0 saturated heterocycles. The summed E-state index contributed by atoms with van der Waals surface area (Å²) < 4.78 is 5.27. The van der Waals surface area contributed by atoms with Gasteiger partial charge in [-0.05, 0) is 46.2 Å². The van der Waals surface area contributed by atoms with Crippen LogP contribution in [0.4, 0.5) is 10.6 Å². The van der Waals surface area contributed by atoms with Crippen LogP contribution in [-0.2, 0) is 4.74 Å². The van der Waals surface area contributed by atoms with Crippen LogP contribution in [0.1, 0.15) is 37.6 Å². The van der Waals surface area contributed by atoms with Gasteiger partial charge >= 0.3 is 6.09 Å². The molecule has 0 bridgehead atoms. The zero-order valence-corrected chi connectivity index (χ0v) is 12.2. The molecule has 1 amide bonds. The molecule has 0 aromatic carbocycles. The minimum Gasteiger partial charge on any atom is -0.443 e. The van der Waals surface area contributed by atoms with Crippen molar-refractivity contribution < 1.29 is 9.53 Å². The molecule has 0 unspecified atom stereocenters. The second-order valence-corrected chi connectivity index (χ2v) is 5.43. The van der Waals surface area contributed by atoms with Crippen molar-refractivity contribution >= 4 is 11.9 Å². The Hall–Kier alpha value is -2.09. The van der Waals surface area contributed by atoms with Gasteiger partial charge in [0.2, 0.25) is 0 Å². The number of nitrogens with zero attached hydrogens (tertiary/aromatic N) is 3. The second kappa shape index (κ2) is 5.27. The summed E-state index contributed by atoms with van der Waals surface area (Å²) in [7, 11) is 1.55. The van der Waals surface area contributed by atoms with E-state index in [-0.39, 0.29) is 0 Å². The van der Waals surface area contributed by atoms with Gasteiger partial charge in [0.25, 0.3) is 0 Å².